The predicted octanol–water partition coefficient (Wildman–Crippen LogP) is 9.81. The Labute approximate surface area is 219 Å². The molecule has 1 nitrogen and oxygen atoms in total. The van der Waals surface area contributed by atoms with Gasteiger partial charge in [0.25, 0.3) is 0 Å². The van der Waals surface area contributed by atoms with Crippen molar-refractivity contribution in [1.29, 1.82) is 0 Å². The summed E-state index contributed by atoms with van der Waals surface area (Å²) in [5, 5.41) is 2.58. The fourth-order valence-electron chi connectivity index (χ4n) is 3.85. The number of para-hydroxylation sites is 2. The molecule has 0 atom stereocenters. The molecule has 1 aliphatic heterocycles. The van der Waals surface area contributed by atoms with Crippen molar-refractivity contribution in [2.24, 2.45) is 5.41 Å². The summed E-state index contributed by atoms with van der Waals surface area (Å²) in [6, 6.07) is 30.4. The van der Waals surface area contributed by atoms with Crippen molar-refractivity contribution in [2.45, 2.75) is 23.6 Å². The van der Waals surface area contributed by atoms with Gasteiger partial charge in [-0.3, -0.25) is 6.08 Å². The van der Waals surface area contributed by atoms with Gasteiger partial charge in [-0.05, 0) is 30.0 Å². The molecule has 0 aromatic heterocycles. The molecule has 2 aliphatic rings. The van der Waals surface area contributed by atoms with Crippen molar-refractivity contribution < 1.29 is 20.8 Å². The average molecular weight is 568 g/mol. The number of benzene rings is 3. The van der Waals surface area contributed by atoms with Crippen LogP contribution in [0.3, 0.4) is 0 Å². The smallest absolute Gasteiger partial charge is 0.0584 e. The molecule has 0 bridgehead atoms. The first-order valence-electron chi connectivity index (χ1n) is 10.6. The second kappa shape index (κ2) is 11.2. The molecule has 1 heterocycles. The van der Waals surface area contributed by atoms with E-state index in [1.165, 1.54) is 37.6 Å². The van der Waals surface area contributed by atoms with Gasteiger partial charge in [0, 0.05) is 9.79 Å². The molecule has 5 heteroatoms. The van der Waals surface area contributed by atoms with Gasteiger partial charge in [0.15, 0.2) is 0 Å². The molecule has 0 fully saturated rings. The maximum atomic E-state index is 4.93. The van der Waals surface area contributed by atoms with Crippen molar-refractivity contribution in [3.8, 4) is 0 Å². The molecule has 0 unspecified atom stereocenters. The Morgan fingerprint density at radius 3 is 1.97 bits per heavy atom. The van der Waals surface area contributed by atoms with Gasteiger partial charge in [-0.1, -0.05) is 61.4 Å². The van der Waals surface area contributed by atoms with E-state index in [1.54, 1.807) is 0 Å². The molecular weight excluding hydrogens is 545 g/mol. The molecule has 0 spiro atoms. The van der Waals surface area contributed by atoms with Gasteiger partial charge in [0.1, 0.15) is 0 Å². The van der Waals surface area contributed by atoms with E-state index in [0.29, 0.717) is 0 Å². The monoisotopic (exact) mass is 565 g/mol. The SMILES string of the molecule is CC1(C)[C-]=CC=C1.[Cl][Zr+2][Cl].c1ccc2c(c1)Sc1ccccc1N2c1cc2ccccc2[cH-]1. The number of nitrogens with zero attached hydrogens (tertiary/aromatic N) is 1. The third-order valence-corrected chi connectivity index (χ3v) is 6.49. The first-order valence-corrected chi connectivity index (χ1v) is 17.7. The topological polar surface area (TPSA) is 3.24 Å². The van der Waals surface area contributed by atoms with Crippen LogP contribution in [0.5, 0.6) is 0 Å². The standard InChI is InChI=1S/C21H14NS.C7H9.2ClH.Zr/c1-2-8-16-14-17(13-15(16)7-1)22-18-9-3-5-11-20(18)23-21-12-6-4-10-19(21)22;1-7(2)5-3-4-6-7;;;/h1-14H;3-5H,1-2H3;2*1H;/q2*-1;;;+4/p-2. The Morgan fingerprint density at radius 1 is 0.879 bits per heavy atom. The van der Waals surface area contributed by atoms with Crippen LogP contribution in [0, 0.1) is 11.5 Å². The summed E-state index contributed by atoms with van der Waals surface area (Å²) in [7, 11) is 9.87. The normalized spacial score (nSPS) is 14.4. The summed E-state index contributed by atoms with van der Waals surface area (Å²) >= 11 is 1.02. The number of hydrogen-bond donors (Lipinski definition) is 0. The van der Waals surface area contributed by atoms with Crippen LogP contribution in [0.15, 0.2) is 113 Å². The van der Waals surface area contributed by atoms with Gasteiger partial charge < -0.3 is 4.90 Å². The fourth-order valence-corrected chi connectivity index (χ4v) is 4.90. The molecule has 0 saturated carbocycles. The van der Waals surface area contributed by atoms with E-state index >= 15 is 0 Å². The fraction of sp³-hybridized carbons (Fsp3) is 0.107. The van der Waals surface area contributed by atoms with Gasteiger partial charge in [-0.25, -0.2) is 12.2 Å². The van der Waals surface area contributed by atoms with E-state index in [9.17, 15) is 0 Å². The largest absolute Gasteiger partial charge is 0.327 e. The maximum absolute atomic E-state index is 4.93. The number of halogens is 2. The summed E-state index contributed by atoms with van der Waals surface area (Å²) in [4.78, 5) is 4.98. The van der Waals surface area contributed by atoms with Crippen molar-refractivity contribution in [3.05, 3.63) is 109 Å². The summed E-state index contributed by atoms with van der Waals surface area (Å²) in [5.41, 5.74) is 3.95. The second-order valence-electron chi connectivity index (χ2n) is 8.18. The van der Waals surface area contributed by atoms with Gasteiger partial charge in [0.2, 0.25) is 0 Å². The number of fused-ring (bicyclic) bond motifs is 3. The molecule has 4 aromatic rings. The van der Waals surface area contributed by atoms with Gasteiger partial charge in [-0.15, -0.1) is 41.1 Å². The molecule has 0 saturated heterocycles. The Balaban J connectivity index is 0.000000219. The number of rotatable bonds is 1. The molecule has 0 amide bonds. The van der Waals surface area contributed by atoms with Gasteiger partial charge >= 0.3 is 37.9 Å². The van der Waals surface area contributed by atoms with E-state index in [2.05, 4.69) is 116 Å². The van der Waals surface area contributed by atoms with E-state index < -0.39 is 20.8 Å². The molecule has 6 rings (SSSR count). The quantitative estimate of drug-likeness (QED) is 0.186. The van der Waals surface area contributed by atoms with E-state index in [-0.39, 0.29) is 5.41 Å². The number of anilines is 3. The first kappa shape index (κ1) is 24.5. The zero-order chi connectivity index (χ0) is 23.3. The third-order valence-electron chi connectivity index (χ3n) is 5.36. The minimum Gasteiger partial charge on any atom is -0.327 e. The summed E-state index contributed by atoms with van der Waals surface area (Å²) < 4.78 is 0. The molecule has 164 valence electrons. The van der Waals surface area contributed by atoms with Crippen LogP contribution in [0.4, 0.5) is 17.1 Å². The summed E-state index contributed by atoms with van der Waals surface area (Å²) in [6.45, 7) is 4.26. The average Bonchev–Trinajstić information content (AvgIpc) is 3.43. The molecule has 33 heavy (non-hydrogen) atoms. The van der Waals surface area contributed by atoms with Crippen LogP contribution in [0.1, 0.15) is 13.8 Å². The predicted molar refractivity (Wildman–Crippen MR) is 141 cm³/mol. The molecular formula is C28H23Cl2NSZr. The van der Waals surface area contributed by atoms with Crippen LogP contribution < -0.4 is 4.90 Å². The van der Waals surface area contributed by atoms with Crippen LogP contribution in [0.25, 0.3) is 10.8 Å². The summed E-state index contributed by atoms with van der Waals surface area (Å²) in [5.74, 6) is 0. The number of allylic oxidation sites excluding steroid dienone is 4. The second-order valence-corrected chi connectivity index (χ2v) is 13.0. The van der Waals surface area contributed by atoms with E-state index in [1.807, 2.05) is 23.9 Å². The molecule has 1 aliphatic carbocycles. The minimum absolute atomic E-state index is 0.208. The first-order chi connectivity index (χ1) is 16.0. The molecule has 4 aromatic carbocycles. The summed E-state index contributed by atoms with van der Waals surface area (Å²) in [6.07, 6.45) is 9.28. The molecule has 0 N–H and O–H groups in total. The Bertz CT molecular complexity index is 1200. The zero-order valence-corrected chi connectivity index (χ0v) is 23.2. The van der Waals surface area contributed by atoms with Crippen LogP contribution >= 0.6 is 28.8 Å². The van der Waals surface area contributed by atoms with E-state index in [0.717, 1.165) is 0 Å². The Morgan fingerprint density at radius 2 is 1.45 bits per heavy atom. The molecule has 0 radical (unpaired) electrons. The van der Waals surface area contributed by atoms with Crippen molar-refractivity contribution >= 4 is 56.6 Å². The van der Waals surface area contributed by atoms with Gasteiger partial charge in [0.05, 0.1) is 11.4 Å². The van der Waals surface area contributed by atoms with E-state index in [4.69, 9.17) is 17.0 Å². The van der Waals surface area contributed by atoms with Gasteiger partial charge in [-0.2, -0.15) is 6.08 Å². The van der Waals surface area contributed by atoms with Crippen LogP contribution in [-0.4, -0.2) is 0 Å². The Hall–Kier alpha value is -1.64. The van der Waals surface area contributed by atoms with Crippen molar-refractivity contribution in [2.75, 3.05) is 4.90 Å². The maximum Gasteiger partial charge on any atom is 0.0584 e. The zero-order valence-electron chi connectivity index (χ0n) is 18.4. The third kappa shape index (κ3) is 5.90. The van der Waals surface area contributed by atoms with Crippen LogP contribution in [-0.2, 0) is 20.8 Å². The Kier molecular flexibility index (Phi) is 8.30. The van der Waals surface area contributed by atoms with Crippen LogP contribution in [0.2, 0.25) is 0 Å². The van der Waals surface area contributed by atoms with Crippen molar-refractivity contribution in [1.82, 2.24) is 0 Å². The number of hydrogen-bond acceptors (Lipinski definition) is 2. The minimum atomic E-state index is -0.826. The van der Waals surface area contributed by atoms with Crippen molar-refractivity contribution in [3.63, 3.8) is 0 Å².